The van der Waals surface area contributed by atoms with Crippen LogP contribution in [0.2, 0.25) is 0 Å². The van der Waals surface area contributed by atoms with Gasteiger partial charge in [0.05, 0.1) is 12.0 Å². The van der Waals surface area contributed by atoms with Gasteiger partial charge in [0.2, 0.25) is 0 Å². The molecule has 1 aromatic carbocycles. The molecule has 0 radical (unpaired) electrons. The molecule has 0 spiro atoms. The maximum Gasteiger partial charge on any atom is 0.261 e. The predicted octanol–water partition coefficient (Wildman–Crippen LogP) is 3.94. The van der Waals surface area contributed by atoms with Crippen molar-refractivity contribution >= 4 is 17.2 Å². The number of ether oxygens (including phenoxy) is 1. The van der Waals surface area contributed by atoms with Crippen molar-refractivity contribution in [2.45, 2.75) is 51.4 Å². The van der Waals surface area contributed by atoms with Crippen molar-refractivity contribution in [1.29, 1.82) is 0 Å². The number of nitrogens with zero attached hydrogens (tertiary/aromatic N) is 1. The molecule has 1 fully saturated rings. The number of rotatable bonds is 5. The maximum atomic E-state index is 12.5. The van der Waals surface area contributed by atoms with Gasteiger partial charge in [0, 0.05) is 30.6 Å². The summed E-state index contributed by atoms with van der Waals surface area (Å²) in [4.78, 5) is 17.3. The van der Waals surface area contributed by atoms with Crippen LogP contribution in [0, 0.1) is 0 Å². The quantitative estimate of drug-likeness (QED) is 0.882. The fourth-order valence-corrected chi connectivity index (χ4v) is 5.00. The van der Waals surface area contributed by atoms with E-state index in [9.17, 15) is 4.79 Å². The largest absolute Gasteiger partial charge is 0.497 e. The summed E-state index contributed by atoms with van der Waals surface area (Å²) in [6.45, 7) is 2.56. The first-order valence-corrected chi connectivity index (χ1v) is 9.81. The van der Waals surface area contributed by atoms with Gasteiger partial charge < -0.3 is 10.1 Å². The number of hydrogen-bond acceptors (Lipinski definition) is 4. The van der Waals surface area contributed by atoms with Crippen LogP contribution in [-0.2, 0) is 19.6 Å². The number of thiophene rings is 1. The molecule has 132 valence electrons. The molecule has 4 nitrogen and oxygen atoms in total. The molecule has 1 saturated carbocycles. The third-order valence-electron chi connectivity index (χ3n) is 5.27. The van der Waals surface area contributed by atoms with Gasteiger partial charge in [0.25, 0.3) is 5.91 Å². The molecule has 0 bridgehead atoms. The first-order valence-electron chi connectivity index (χ1n) is 8.99. The van der Waals surface area contributed by atoms with Gasteiger partial charge in [0.15, 0.2) is 0 Å². The summed E-state index contributed by atoms with van der Waals surface area (Å²) in [6.07, 6.45) is 5.41. The Balaban J connectivity index is 1.35. The molecule has 1 aliphatic heterocycles. The van der Waals surface area contributed by atoms with E-state index >= 15 is 0 Å². The minimum absolute atomic E-state index is 0.0228. The topological polar surface area (TPSA) is 41.6 Å². The highest BCUT2D eigenvalue weighted by molar-refractivity contribution is 7.14. The van der Waals surface area contributed by atoms with Crippen LogP contribution < -0.4 is 10.1 Å². The van der Waals surface area contributed by atoms with Gasteiger partial charge in [-0.15, -0.1) is 11.3 Å². The zero-order valence-electron chi connectivity index (χ0n) is 14.6. The maximum absolute atomic E-state index is 12.5. The highest BCUT2D eigenvalue weighted by atomic mass is 32.1. The summed E-state index contributed by atoms with van der Waals surface area (Å²) in [6, 6.07) is 10.6. The number of amides is 1. The van der Waals surface area contributed by atoms with Crippen molar-refractivity contribution in [1.82, 2.24) is 10.2 Å². The summed E-state index contributed by atoms with van der Waals surface area (Å²) in [5.41, 5.74) is 2.40. The third kappa shape index (κ3) is 3.58. The molecule has 25 heavy (non-hydrogen) atoms. The van der Waals surface area contributed by atoms with Crippen LogP contribution in [0.15, 0.2) is 30.3 Å². The summed E-state index contributed by atoms with van der Waals surface area (Å²) in [5, 5.41) is 3.02. The number of nitrogens with one attached hydrogen (secondary N) is 1. The Morgan fingerprint density at radius 1 is 1.28 bits per heavy atom. The van der Waals surface area contributed by atoms with Crippen LogP contribution in [-0.4, -0.2) is 24.0 Å². The van der Waals surface area contributed by atoms with Crippen LogP contribution in [0.4, 0.5) is 0 Å². The van der Waals surface area contributed by atoms with E-state index in [2.05, 4.69) is 16.3 Å². The zero-order chi connectivity index (χ0) is 17.2. The van der Waals surface area contributed by atoms with Gasteiger partial charge in [-0.25, -0.2) is 0 Å². The van der Waals surface area contributed by atoms with Crippen molar-refractivity contribution in [3.63, 3.8) is 0 Å². The van der Waals surface area contributed by atoms with Crippen molar-refractivity contribution in [2.24, 2.45) is 0 Å². The molecule has 1 N–H and O–H groups in total. The molecule has 1 amide bonds. The lowest BCUT2D eigenvalue weighted by Gasteiger charge is -2.22. The van der Waals surface area contributed by atoms with Crippen LogP contribution in [0.3, 0.4) is 0 Å². The summed E-state index contributed by atoms with van der Waals surface area (Å²) < 4.78 is 5.22. The molecular weight excluding hydrogens is 332 g/mol. The first-order chi connectivity index (χ1) is 12.2. The van der Waals surface area contributed by atoms with Crippen LogP contribution >= 0.6 is 11.3 Å². The fourth-order valence-electron chi connectivity index (χ4n) is 3.88. The summed E-state index contributed by atoms with van der Waals surface area (Å²) >= 11 is 1.66. The second-order valence-electron chi connectivity index (χ2n) is 6.94. The Morgan fingerprint density at radius 3 is 2.88 bits per heavy atom. The second kappa shape index (κ2) is 7.18. The van der Waals surface area contributed by atoms with Gasteiger partial charge in [0.1, 0.15) is 5.75 Å². The first kappa shape index (κ1) is 16.6. The molecule has 0 saturated heterocycles. The molecule has 2 aliphatic rings. The van der Waals surface area contributed by atoms with Crippen molar-refractivity contribution in [2.75, 3.05) is 7.11 Å². The Morgan fingerprint density at radius 2 is 2.12 bits per heavy atom. The fraction of sp³-hybridized carbons (Fsp3) is 0.450. The summed E-state index contributed by atoms with van der Waals surface area (Å²) in [5.74, 6) is 0.837. The van der Waals surface area contributed by atoms with E-state index in [0.717, 1.165) is 35.3 Å². The lowest BCUT2D eigenvalue weighted by molar-refractivity contribution is 0.0954. The van der Waals surface area contributed by atoms with E-state index in [1.165, 1.54) is 36.1 Å². The molecule has 2 aromatic rings. The van der Waals surface area contributed by atoms with Gasteiger partial charge in [-0.1, -0.05) is 25.0 Å². The molecular formula is C20H24N2O2S. The standard InChI is InChI=1S/C20H24N2O2S/c1-24-17-8-4-5-14(9-17)11-21-20(23)18-10-15-12-22(13-19(15)25-18)16-6-2-3-7-16/h4-5,8-10,16H,2-3,6-7,11-13H2,1H3,(H,21,23). The Kier molecular flexibility index (Phi) is 4.77. The number of benzene rings is 1. The lowest BCUT2D eigenvalue weighted by atomic mass is 10.2. The van der Waals surface area contributed by atoms with E-state index < -0.39 is 0 Å². The molecule has 1 aliphatic carbocycles. The number of fused-ring (bicyclic) bond motifs is 1. The molecule has 1 aromatic heterocycles. The predicted molar refractivity (Wildman–Crippen MR) is 100.0 cm³/mol. The molecule has 4 rings (SSSR count). The Labute approximate surface area is 152 Å². The minimum atomic E-state index is 0.0228. The van der Waals surface area contributed by atoms with Gasteiger partial charge in [-0.05, 0) is 42.2 Å². The van der Waals surface area contributed by atoms with E-state index in [1.54, 1.807) is 18.4 Å². The smallest absolute Gasteiger partial charge is 0.261 e. The van der Waals surface area contributed by atoms with Gasteiger partial charge >= 0.3 is 0 Å². The number of carbonyl (C=O) groups is 1. The number of methoxy groups -OCH3 is 1. The SMILES string of the molecule is COc1cccc(CNC(=O)c2cc3c(s2)CN(C2CCCC2)C3)c1. The molecule has 5 heteroatoms. The highest BCUT2D eigenvalue weighted by Crippen LogP contribution is 2.35. The second-order valence-corrected chi connectivity index (χ2v) is 8.07. The van der Waals surface area contributed by atoms with Crippen LogP contribution in [0.25, 0.3) is 0 Å². The third-order valence-corrected chi connectivity index (χ3v) is 6.43. The molecule has 0 unspecified atom stereocenters. The van der Waals surface area contributed by atoms with E-state index in [-0.39, 0.29) is 5.91 Å². The molecule has 0 atom stereocenters. The van der Waals surface area contributed by atoms with Crippen LogP contribution in [0.5, 0.6) is 5.75 Å². The normalized spacial score (nSPS) is 17.6. The Hall–Kier alpha value is -1.85. The number of carbonyl (C=O) groups excluding carboxylic acids is 1. The van der Waals surface area contributed by atoms with Crippen LogP contribution in [0.1, 0.15) is 51.4 Å². The van der Waals surface area contributed by atoms with Crippen molar-refractivity contribution < 1.29 is 9.53 Å². The van der Waals surface area contributed by atoms with Gasteiger partial charge in [-0.3, -0.25) is 9.69 Å². The highest BCUT2D eigenvalue weighted by Gasteiger charge is 2.30. The average molecular weight is 356 g/mol. The average Bonchev–Trinajstić information content (AvgIpc) is 3.34. The van der Waals surface area contributed by atoms with E-state index in [4.69, 9.17) is 4.74 Å². The van der Waals surface area contributed by atoms with E-state index in [0.29, 0.717) is 6.54 Å². The van der Waals surface area contributed by atoms with E-state index in [1.807, 2.05) is 24.3 Å². The zero-order valence-corrected chi connectivity index (χ0v) is 15.4. The van der Waals surface area contributed by atoms with Gasteiger partial charge in [-0.2, -0.15) is 0 Å². The van der Waals surface area contributed by atoms with Crippen molar-refractivity contribution in [3.8, 4) is 5.75 Å². The monoisotopic (exact) mass is 356 g/mol. The lowest BCUT2D eigenvalue weighted by Crippen LogP contribution is -2.28. The number of hydrogen-bond donors (Lipinski definition) is 1. The minimum Gasteiger partial charge on any atom is -0.497 e. The Bertz CT molecular complexity index is 741. The molecule has 2 heterocycles. The summed E-state index contributed by atoms with van der Waals surface area (Å²) in [7, 11) is 1.65. The van der Waals surface area contributed by atoms with Crippen molar-refractivity contribution in [3.05, 3.63) is 51.2 Å².